The van der Waals surface area contributed by atoms with Gasteiger partial charge in [0.15, 0.2) is 0 Å². The molecule has 0 aliphatic heterocycles. The van der Waals surface area contributed by atoms with Gasteiger partial charge in [0, 0.05) is 5.69 Å². The van der Waals surface area contributed by atoms with Gasteiger partial charge < -0.3 is 21.5 Å². The zero-order valence-electron chi connectivity index (χ0n) is 17.4. The first-order chi connectivity index (χ1) is 12.9. The number of amides is 2. The summed E-state index contributed by atoms with van der Waals surface area (Å²) in [7, 11) is 0. The van der Waals surface area contributed by atoms with Crippen LogP contribution in [0.5, 0.6) is 0 Å². The molecule has 0 unspecified atom stereocenters. The lowest BCUT2D eigenvalue weighted by Crippen LogP contribution is -2.50. The van der Waals surface area contributed by atoms with E-state index in [1.807, 2.05) is 26.0 Å². The molecule has 1 aromatic carbocycles. The highest BCUT2D eigenvalue weighted by Gasteiger charge is 2.26. The first kappa shape index (κ1) is 23.6. The van der Waals surface area contributed by atoms with E-state index in [0.717, 1.165) is 18.4 Å². The van der Waals surface area contributed by atoms with Crippen molar-refractivity contribution >= 4 is 23.5 Å². The molecule has 5 N–H and O–H groups in total. The fourth-order valence-corrected chi connectivity index (χ4v) is 2.52. The molecule has 0 spiro atoms. The molecule has 28 heavy (non-hydrogen) atoms. The molecule has 2 atom stereocenters. The summed E-state index contributed by atoms with van der Waals surface area (Å²) in [5, 5.41) is 14.5. The zero-order chi connectivity index (χ0) is 21.5. The van der Waals surface area contributed by atoms with E-state index in [4.69, 9.17) is 10.8 Å². The van der Waals surface area contributed by atoms with Gasteiger partial charge in [0.25, 0.3) is 0 Å². The number of hydrogen-bond acceptors (Lipinski definition) is 4. The normalized spacial score (nSPS) is 13.7. The fourth-order valence-electron chi connectivity index (χ4n) is 2.52. The molecule has 2 amide bonds. The van der Waals surface area contributed by atoms with Crippen LogP contribution in [0.3, 0.4) is 0 Å². The number of benzene rings is 1. The highest BCUT2D eigenvalue weighted by molar-refractivity contribution is 5.97. The summed E-state index contributed by atoms with van der Waals surface area (Å²) in [5.41, 5.74) is 6.76. The van der Waals surface area contributed by atoms with Gasteiger partial charge in [-0.15, -0.1) is 0 Å². The fraction of sp³-hybridized carbons (Fsp3) is 0.571. The molecular formula is C21H33N3O4. The van der Waals surface area contributed by atoms with Crippen molar-refractivity contribution < 1.29 is 19.5 Å². The van der Waals surface area contributed by atoms with Gasteiger partial charge in [-0.25, -0.2) is 0 Å². The van der Waals surface area contributed by atoms with Crippen molar-refractivity contribution in [3.05, 3.63) is 29.8 Å². The Morgan fingerprint density at radius 3 is 2.14 bits per heavy atom. The lowest BCUT2D eigenvalue weighted by Gasteiger charge is -2.19. The number of carboxylic acids is 1. The minimum absolute atomic E-state index is 0.0103. The second-order valence-electron chi connectivity index (χ2n) is 8.23. The molecule has 0 aliphatic rings. The molecular weight excluding hydrogens is 358 g/mol. The van der Waals surface area contributed by atoms with Crippen LogP contribution in [0.25, 0.3) is 0 Å². The Morgan fingerprint density at radius 2 is 1.64 bits per heavy atom. The molecule has 0 aromatic heterocycles. The third kappa shape index (κ3) is 7.31. The van der Waals surface area contributed by atoms with Crippen LogP contribution in [0.15, 0.2) is 24.3 Å². The Balaban J connectivity index is 2.52. The maximum absolute atomic E-state index is 12.2. The van der Waals surface area contributed by atoms with E-state index < -0.39 is 23.5 Å². The van der Waals surface area contributed by atoms with E-state index in [2.05, 4.69) is 10.6 Å². The van der Waals surface area contributed by atoms with Crippen LogP contribution in [-0.4, -0.2) is 35.0 Å². The van der Waals surface area contributed by atoms with Crippen molar-refractivity contribution in [2.75, 3.05) is 5.32 Å². The molecule has 0 fully saturated rings. The SMILES string of the molecule is CC(C)[C@H](N)C(=O)N[C@@H](C)C(=O)Nc1ccc(CCCC(C)(C)C(=O)O)cc1. The average Bonchev–Trinajstić information content (AvgIpc) is 2.61. The quantitative estimate of drug-likeness (QED) is 0.488. The molecule has 0 heterocycles. The summed E-state index contributed by atoms with van der Waals surface area (Å²) in [6.45, 7) is 8.75. The molecule has 0 saturated heterocycles. The van der Waals surface area contributed by atoms with Gasteiger partial charge in [-0.2, -0.15) is 0 Å². The summed E-state index contributed by atoms with van der Waals surface area (Å²) >= 11 is 0. The molecule has 0 saturated carbocycles. The van der Waals surface area contributed by atoms with Crippen LogP contribution in [0, 0.1) is 11.3 Å². The van der Waals surface area contributed by atoms with E-state index >= 15 is 0 Å². The number of aryl methyl sites for hydroxylation is 1. The van der Waals surface area contributed by atoms with Crippen molar-refractivity contribution in [3.8, 4) is 0 Å². The smallest absolute Gasteiger partial charge is 0.309 e. The third-order valence-corrected chi connectivity index (χ3v) is 4.84. The van der Waals surface area contributed by atoms with Gasteiger partial charge in [-0.05, 0) is 63.6 Å². The van der Waals surface area contributed by atoms with Crippen LogP contribution in [-0.2, 0) is 20.8 Å². The Bertz CT molecular complexity index is 683. The van der Waals surface area contributed by atoms with E-state index in [0.29, 0.717) is 12.1 Å². The predicted octanol–water partition coefficient (Wildman–Crippen LogP) is 2.55. The number of carbonyl (C=O) groups is 3. The van der Waals surface area contributed by atoms with Crippen LogP contribution >= 0.6 is 0 Å². The average molecular weight is 392 g/mol. The molecule has 0 radical (unpaired) electrons. The van der Waals surface area contributed by atoms with Gasteiger partial charge in [-0.1, -0.05) is 26.0 Å². The monoisotopic (exact) mass is 391 g/mol. The molecule has 0 bridgehead atoms. The molecule has 7 heteroatoms. The van der Waals surface area contributed by atoms with Crippen LogP contribution < -0.4 is 16.4 Å². The van der Waals surface area contributed by atoms with Crippen molar-refractivity contribution in [1.29, 1.82) is 0 Å². The number of anilines is 1. The zero-order valence-corrected chi connectivity index (χ0v) is 17.4. The topological polar surface area (TPSA) is 122 Å². The molecule has 7 nitrogen and oxygen atoms in total. The van der Waals surface area contributed by atoms with Crippen molar-refractivity contribution in [2.45, 2.75) is 66.0 Å². The maximum atomic E-state index is 12.2. The summed E-state index contributed by atoms with van der Waals surface area (Å²) in [4.78, 5) is 35.3. The highest BCUT2D eigenvalue weighted by Crippen LogP contribution is 2.24. The lowest BCUT2D eigenvalue weighted by atomic mass is 9.87. The number of hydrogen-bond donors (Lipinski definition) is 4. The summed E-state index contributed by atoms with van der Waals surface area (Å²) < 4.78 is 0. The number of nitrogens with two attached hydrogens (primary N) is 1. The van der Waals surface area contributed by atoms with Gasteiger partial charge in [-0.3, -0.25) is 14.4 Å². The van der Waals surface area contributed by atoms with Crippen molar-refractivity contribution in [3.63, 3.8) is 0 Å². The highest BCUT2D eigenvalue weighted by atomic mass is 16.4. The first-order valence-corrected chi connectivity index (χ1v) is 9.63. The standard InChI is InChI=1S/C21H33N3O4/c1-13(2)17(22)19(26)23-14(3)18(25)24-16-10-8-15(9-11-16)7-6-12-21(4,5)20(27)28/h8-11,13-14,17H,6-7,12,22H2,1-5H3,(H,23,26)(H,24,25)(H,27,28)/t14-,17-/m0/s1. The molecule has 1 aromatic rings. The second kappa shape index (κ2) is 10.2. The lowest BCUT2D eigenvalue weighted by molar-refractivity contribution is -0.147. The predicted molar refractivity (Wildman–Crippen MR) is 110 cm³/mol. The summed E-state index contributed by atoms with van der Waals surface area (Å²) in [6.07, 6.45) is 2.13. The van der Waals surface area contributed by atoms with Crippen LogP contribution in [0.4, 0.5) is 5.69 Å². The molecule has 156 valence electrons. The number of carboxylic acid groups (broad SMARTS) is 1. The third-order valence-electron chi connectivity index (χ3n) is 4.84. The second-order valence-corrected chi connectivity index (χ2v) is 8.23. The minimum Gasteiger partial charge on any atom is -0.481 e. The van der Waals surface area contributed by atoms with E-state index in [1.165, 1.54) is 0 Å². The minimum atomic E-state index is -0.791. The van der Waals surface area contributed by atoms with Crippen molar-refractivity contribution in [2.24, 2.45) is 17.1 Å². The van der Waals surface area contributed by atoms with Gasteiger partial charge in [0.05, 0.1) is 11.5 Å². The van der Waals surface area contributed by atoms with E-state index in [9.17, 15) is 14.4 Å². The van der Waals surface area contributed by atoms with E-state index in [1.54, 1.807) is 32.9 Å². The number of carbonyl (C=O) groups excluding carboxylic acids is 2. The van der Waals surface area contributed by atoms with Gasteiger partial charge >= 0.3 is 5.97 Å². The van der Waals surface area contributed by atoms with Crippen LogP contribution in [0.2, 0.25) is 0 Å². The molecule has 1 rings (SSSR count). The summed E-state index contributed by atoms with van der Waals surface area (Å²) in [5.74, 6) is -1.47. The Hall–Kier alpha value is -2.41. The Kier molecular flexibility index (Phi) is 8.63. The number of rotatable bonds is 10. The van der Waals surface area contributed by atoms with Crippen molar-refractivity contribution in [1.82, 2.24) is 5.32 Å². The van der Waals surface area contributed by atoms with Crippen LogP contribution in [0.1, 0.15) is 53.0 Å². The van der Waals surface area contributed by atoms with Gasteiger partial charge in [0.2, 0.25) is 11.8 Å². The van der Waals surface area contributed by atoms with E-state index in [-0.39, 0.29) is 17.7 Å². The maximum Gasteiger partial charge on any atom is 0.309 e. The Labute approximate surface area is 167 Å². The number of aliphatic carboxylic acids is 1. The molecule has 0 aliphatic carbocycles. The number of nitrogens with one attached hydrogen (secondary N) is 2. The Morgan fingerprint density at radius 1 is 1.07 bits per heavy atom. The largest absolute Gasteiger partial charge is 0.481 e. The van der Waals surface area contributed by atoms with Gasteiger partial charge in [0.1, 0.15) is 6.04 Å². The summed E-state index contributed by atoms with van der Waals surface area (Å²) in [6, 6.07) is 6.05. The first-order valence-electron chi connectivity index (χ1n) is 9.63.